The highest BCUT2D eigenvalue weighted by atomic mass is 79.9. The van der Waals surface area contributed by atoms with Crippen LogP contribution < -0.4 is 0 Å². The van der Waals surface area contributed by atoms with Gasteiger partial charge in [-0.1, -0.05) is 35.0 Å². The summed E-state index contributed by atoms with van der Waals surface area (Å²) in [7, 11) is 0. The fourth-order valence-corrected chi connectivity index (χ4v) is 1.69. The Hall–Kier alpha value is -0.630. The summed E-state index contributed by atoms with van der Waals surface area (Å²) >= 11 is 3.49. The molecule has 1 rings (SSSR count). The largest absolute Gasteiger partial charge is 0.300 e. The van der Waals surface area contributed by atoms with E-state index in [1.165, 1.54) is 11.1 Å². The van der Waals surface area contributed by atoms with Gasteiger partial charge in [-0.15, -0.1) is 0 Å². The Morgan fingerprint density at radius 3 is 2.64 bits per heavy atom. The molecule has 76 valence electrons. The minimum absolute atomic E-state index is 0.115. The zero-order chi connectivity index (χ0) is 10.7. The molecule has 0 amide bonds. The van der Waals surface area contributed by atoms with Crippen molar-refractivity contribution in [2.24, 2.45) is 5.92 Å². The fourth-order valence-electron chi connectivity index (χ4n) is 1.26. The second kappa shape index (κ2) is 4.74. The van der Waals surface area contributed by atoms with E-state index in [9.17, 15) is 4.79 Å². The van der Waals surface area contributed by atoms with E-state index >= 15 is 0 Å². The predicted molar refractivity (Wildman–Crippen MR) is 62.4 cm³/mol. The van der Waals surface area contributed by atoms with E-state index in [4.69, 9.17) is 0 Å². The molecule has 1 unspecified atom stereocenters. The molecule has 0 fully saturated rings. The Kier molecular flexibility index (Phi) is 3.87. The number of benzene rings is 1. The first-order chi connectivity index (χ1) is 6.50. The molecule has 1 aromatic carbocycles. The number of hydrogen-bond acceptors (Lipinski definition) is 1. The summed E-state index contributed by atoms with van der Waals surface area (Å²) in [6, 6.07) is 6.25. The van der Waals surface area contributed by atoms with Gasteiger partial charge in [0.05, 0.1) is 0 Å². The number of carbonyl (C=O) groups is 1. The first kappa shape index (κ1) is 11.4. The summed E-state index contributed by atoms with van der Waals surface area (Å²) in [5.41, 5.74) is 2.44. The van der Waals surface area contributed by atoms with Crippen LogP contribution in [0.15, 0.2) is 22.7 Å². The van der Waals surface area contributed by atoms with Crippen molar-refractivity contribution in [2.75, 3.05) is 0 Å². The van der Waals surface area contributed by atoms with E-state index in [0.717, 1.165) is 10.9 Å². The molecular weight excluding hydrogens is 240 g/mol. The monoisotopic (exact) mass is 254 g/mol. The molecule has 1 aromatic rings. The van der Waals surface area contributed by atoms with E-state index in [1.54, 1.807) is 6.92 Å². The van der Waals surface area contributed by atoms with Crippen LogP contribution in [0.1, 0.15) is 25.0 Å². The van der Waals surface area contributed by atoms with Crippen LogP contribution in [-0.2, 0) is 11.2 Å². The maximum absolute atomic E-state index is 11.1. The number of rotatable bonds is 3. The summed E-state index contributed by atoms with van der Waals surface area (Å²) in [6.07, 6.45) is 0.828. The Morgan fingerprint density at radius 1 is 1.50 bits per heavy atom. The van der Waals surface area contributed by atoms with Crippen LogP contribution in [-0.4, -0.2) is 5.78 Å². The predicted octanol–water partition coefficient (Wildman–Crippen LogP) is 3.53. The van der Waals surface area contributed by atoms with Crippen LogP contribution in [0.3, 0.4) is 0 Å². The summed E-state index contributed by atoms with van der Waals surface area (Å²) < 4.78 is 1.12. The lowest BCUT2D eigenvalue weighted by Gasteiger charge is -2.08. The normalized spacial score (nSPS) is 12.6. The smallest absolute Gasteiger partial charge is 0.132 e. The van der Waals surface area contributed by atoms with Gasteiger partial charge in [0.2, 0.25) is 0 Å². The minimum atomic E-state index is 0.115. The maximum atomic E-state index is 11.1. The first-order valence-electron chi connectivity index (χ1n) is 4.76. The molecular formula is C12H15BrO. The zero-order valence-corrected chi connectivity index (χ0v) is 10.4. The molecule has 1 atom stereocenters. The maximum Gasteiger partial charge on any atom is 0.132 e. The van der Waals surface area contributed by atoms with Gasteiger partial charge in [0.25, 0.3) is 0 Å². The van der Waals surface area contributed by atoms with Crippen molar-refractivity contribution >= 4 is 21.7 Å². The van der Waals surface area contributed by atoms with Crippen molar-refractivity contribution in [3.05, 3.63) is 33.8 Å². The minimum Gasteiger partial charge on any atom is -0.300 e. The Balaban J connectivity index is 2.78. The lowest BCUT2D eigenvalue weighted by atomic mass is 9.97. The van der Waals surface area contributed by atoms with Crippen molar-refractivity contribution in [1.82, 2.24) is 0 Å². The van der Waals surface area contributed by atoms with Gasteiger partial charge in [-0.2, -0.15) is 0 Å². The second-order valence-electron chi connectivity index (χ2n) is 3.80. The van der Waals surface area contributed by atoms with Crippen LogP contribution in [0.5, 0.6) is 0 Å². The molecule has 0 bridgehead atoms. The lowest BCUT2D eigenvalue weighted by Crippen LogP contribution is -2.09. The third-order valence-electron chi connectivity index (χ3n) is 2.47. The van der Waals surface area contributed by atoms with E-state index in [0.29, 0.717) is 0 Å². The van der Waals surface area contributed by atoms with Crippen LogP contribution in [0.4, 0.5) is 0 Å². The van der Waals surface area contributed by atoms with Crippen molar-refractivity contribution in [2.45, 2.75) is 27.2 Å². The molecule has 0 aliphatic carbocycles. The highest BCUT2D eigenvalue weighted by Crippen LogP contribution is 2.19. The van der Waals surface area contributed by atoms with Gasteiger partial charge in [0, 0.05) is 10.4 Å². The lowest BCUT2D eigenvalue weighted by molar-refractivity contribution is -0.120. The molecule has 0 heterocycles. The molecule has 0 aliphatic heterocycles. The molecule has 0 radical (unpaired) electrons. The molecule has 0 saturated carbocycles. The number of halogens is 1. The van der Waals surface area contributed by atoms with Crippen molar-refractivity contribution in [3.63, 3.8) is 0 Å². The van der Waals surface area contributed by atoms with Gasteiger partial charge in [-0.25, -0.2) is 0 Å². The third kappa shape index (κ3) is 2.95. The molecule has 0 aliphatic rings. The second-order valence-corrected chi connectivity index (χ2v) is 4.65. The Labute approximate surface area is 93.7 Å². The average molecular weight is 255 g/mol. The molecule has 2 heteroatoms. The molecule has 1 nitrogen and oxygen atoms in total. The van der Waals surface area contributed by atoms with Gasteiger partial charge < -0.3 is 0 Å². The zero-order valence-electron chi connectivity index (χ0n) is 8.80. The van der Waals surface area contributed by atoms with Gasteiger partial charge >= 0.3 is 0 Å². The van der Waals surface area contributed by atoms with Crippen LogP contribution in [0.2, 0.25) is 0 Å². The molecule has 0 spiro atoms. The SMILES string of the molecule is CC(=O)C(C)Cc1ccc(C)c(Br)c1. The molecule has 0 N–H and O–H groups in total. The highest BCUT2D eigenvalue weighted by Gasteiger charge is 2.08. The quantitative estimate of drug-likeness (QED) is 0.807. The summed E-state index contributed by atoms with van der Waals surface area (Å²) in [5.74, 6) is 0.367. The summed E-state index contributed by atoms with van der Waals surface area (Å²) in [5, 5.41) is 0. The Bertz CT molecular complexity index is 344. The van der Waals surface area contributed by atoms with Gasteiger partial charge in [-0.05, 0) is 37.5 Å². The van der Waals surface area contributed by atoms with Crippen LogP contribution in [0.25, 0.3) is 0 Å². The molecule has 0 saturated heterocycles. The van der Waals surface area contributed by atoms with Crippen molar-refractivity contribution in [1.29, 1.82) is 0 Å². The number of hydrogen-bond donors (Lipinski definition) is 0. The average Bonchev–Trinajstić information content (AvgIpc) is 2.11. The fraction of sp³-hybridized carbons (Fsp3) is 0.417. The third-order valence-corrected chi connectivity index (χ3v) is 3.33. The van der Waals surface area contributed by atoms with E-state index < -0.39 is 0 Å². The highest BCUT2D eigenvalue weighted by molar-refractivity contribution is 9.10. The van der Waals surface area contributed by atoms with Crippen molar-refractivity contribution < 1.29 is 4.79 Å². The van der Waals surface area contributed by atoms with Gasteiger partial charge in [0.15, 0.2) is 0 Å². The standard InChI is InChI=1S/C12H15BrO/c1-8-4-5-11(7-12(8)13)6-9(2)10(3)14/h4-5,7,9H,6H2,1-3H3. The van der Waals surface area contributed by atoms with Gasteiger partial charge in [-0.3, -0.25) is 4.79 Å². The Morgan fingerprint density at radius 2 is 2.14 bits per heavy atom. The number of Topliss-reactive ketones (excluding diaryl/α,β-unsaturated/α-hetero) is 1. The van der Waals surface area contributed by atoms with Gasteiger partial charge in [0.1, 0.15) is 5.78 Å². The van der Waals surface area contributed by atoms with E-state index in [2.05, 4.69) is 41.1 Å². The van der Waals surface area contributed by atoms with Crippen LogP contribution in [0, 0.1) is 12.8 Å². The van der Waals surface area contributed by atoms with Crippen LogP contribution >= 0.6 is 15.9 Å². The topological polar surface area (TPSA) is 17.1 Å². The summed E-state index contributed by atoms with van der Waals surface area (Å²) in [6.45, 7) is 5.67. The van der Waals surface area contributed by atoms with E-state index in [-0.39, 0.29) is 11.7 Å². The molecule has 14 heavy (non-hydrogen) atoms. The number of aryl methyl sites for hydroxylation is 1. The first-order valence-corrected chi connectivity index (χ1v) is 5.55. The molecule has 0 aromatic heterocycles. The number of carbonyl (C=O) groups excluding carboxylic acids is 1. The van der Waals surface area contributed by atoms with E-state index in [1.807, 2.05) is 6.92 Å². The number of ketones is 1. The summed E-state index contributed by atoms with van der Waals surface area (Å²) in [4.78, 5) is 11.1. The van der Waals surface area contributed by atoms with Crippen molar-refractivity contribution in [3.8, 4) is 0 Å².